The van der Waals surface area contributed by atoms with Crippen LogP contribution < -0.4 is 0 Å². The number of aryl methyl sites for hydroxylation is 4. The number of hydrogen-bond donors (Lipinski definition) is 2. The van der Waals surface area contributed by atoms with Gasteiger partial charge in [0, 0.05) is 58.1 Å². The number of carbonyl (C=O) groups excluding carboxylic acids is 2. The van der Waals surface area contributed by atoms with E-state index < -0.39 is 0 Å². The Hall–Kier alpha value is -4.20. The lowest BCUT2D eigenvalue weighted by Crippen LogP contribution is -2.15. The number of H-pyrrole nitrogens is 2. The molecule has 0 atom stereocenters. The van der Waals surface area contributed by atoms with Gasteiger partial charge in [-0.15, -0.1) is 0 Å². The van der Waals surface area contributed by atoms with E-state index >= 15 is 0 Å². The predicted octanol–water partition coefficient (Wildman–Crippen LogP) is 8.35. The molecule has 0 saturated carbocycles. The van der Waals surface area contributed by atoms with Gasteiger partial charge < -0.3 is 19.4 Å². The van der Waals surface area contributed by atoms with Crippen molar-refractivity contribution < 1.29 is 19.1 Å². The third-order valence-electron chi connectivity index (χ3n) is 10.1. The number of allylic oxidation sites excluding steroid dienone is 2. The van der Waals surface area contributed by atoms with E-state index in [1.807, 2.05) is 0 Å². The Kier molecular flexibility index (Phi) is 10.1. The molecule has 47 heavy (non-hydrogen) atoms. The normalized spacial score (nSPS) is 14.1. The first-order chi connectivity index (χ1) is 22.4. The van der Waals surface area contributed by atoms with Crippen LogP contribution in [-0.4, -0.2) is 46.1 Å². The third-order valence-corrected chi connectivity index (χ3v) is 10.1. The minimum Gasteiger partial charge on any atom is -0.469 e. The largest absolute Gasteiger partial charge is 0.469 e. The highest BCUT2D eigenvalue weighted by Gasteiger charge is 2.31. The minimum atomic E-state index is -0.247. The summed E-state index contributed by atoms with van der Waals surface area (Å²) in [5, 5.41) is 0. The number of hydrogen-bond acceptors (Lipinski definition) is 6. The minimum absolute atomic E-state index is 0.163. The molecule has 0 fully saturated rings. The van der Waals surface area contributed by atoms with Gasteiger partial charge in [-0.2, -0.15) is 0 Å². The van der Waals surface area contributed by atoms with Gasteiger partial charge in [-0.3, -0.25) is 14.6 Å². The van der Waals surface area contributed by atoms with Crippen LogP contribution in [-0.2, 0) is 50.2 Å². The Morgan fingerprint density at radius 2 is 1.32 bits per heavy atom. The number of ether oxygens (including phenoxy) is 2. The van der Waals surface area contributed by atoms with Gasteiger partial charge in [-0.25, -0.2) is 4.98 Å². The molecule has 0 amide bonds. The molecule has 0 aliphatic carbocycles. The lowest BCUT2D eigenvalue weighted by molar-refractivity contribution is -0.141. The fourth-order valence-corrected chi connectivity index (χ4v) is 6.90. The first kappa shape index (κ1) is 34.1. The molecule has 5 heterocycles. The summed E-state index contributed by atoms with van der Waals surface area (Å²) in [6.07, 6.45) is 6.80. The molecule has 0 radical (unpaired) electrons. The van der Waals surface area contributed by atoms with Crippen molar-refractivity contribution in [2.24, 2.45) is 0 Å². The second-order valence-electron chi connectivity index (χ2n) is 13.7. The number of methoxy groups -OCH3 is 2. The van der Waals surface area contributed by atoms with Crippen molar-refractivity contribution in [1.29, 1.82) is 0 Å². The van der Waals surface area contributed by atoms with Gasteiger partial charge in [0.15, 0.2) is 0 Å². The summed E-state index contributed by atoms with van der Waals surface area (Å²) in [6.45, 7) is 15.3. The molecule has 3 aromatic heterocycles. The Morgan fingerprint density at radius 3 is 1.87 bits per heavy atom. The van der Waals surface area contributed by atoms with Crippen molar-refractivity contribution in [3.63, 3.8) is 0 Å². The van der Waals surface area contributed by atoms with Crippen LogP contribution in [0.3, 0.4) is 0 Å². The molecule has 2 aliphatic heterocycles. The standard InChI is InChI=1S/C39H50N4O4/c1-10-11-12-13-28-34-21-39(6,7)35(42-34)20-31-25(5)27(15-17-37(45)47-9)33(41-31)19-32-26(14-16-36(44)46-8)24(4)30(40-32)18-29-22(2)23(3)38(28)43-29/h18-20,40-41H,10-17,21H2,1-9H3. The van der Waals surface area contributed by atoms with E-state index in [-0.39, 0.29) is 30.2 Å². The van der Waals surface area contributed by atoms with E-state index in [0.717, 1.165) is 105 Å². The molecule has 2 N–H and O–H groups in total. The highest BCUT2D eigenvalue weighted by atomic mass is 16.5. The number of fused-ring (bicyclic) bond motifs is 8. The van der Waals surface area contributed by atoms with Crippen LogP contribution in [0.25, 0.3) is 33.2 Å². The second kappa shape index (κ2) is 13.9. The van der Waals surface area contributed by atoms with Crippen molar-refractivity contribution in [3.05, 3.63) is 68.8 Å². The Labute approximate surface area is 278 Å². The molecule has 5 rings (SSSR count). The van der Waals surface area contributed by atoms with Gasteiger partial charge >= 0.3 is 11.9 Å². The molecule has 8 heteroatoms. The lowest BCUT2D eigenvalue weighted by Gasteiger charge is -2.16. The number of unbranched alkanes of at least 4 members (excludes halogenated alkanes) is 2. The summed E-state index contributed by atoms with van der Waals surface area (Å²) in [7, 11) is 2.85. The van der Waals surface area contributed by atoms with Crippen LogP contribution in [0.15, 0.2) is 18.2 Å². The molecule has 2 aliphatic rings. The molecule has 8 nitrogen and oxygen atoms in total. The van der Waals surface area contributed by atoms with Crippen molar-refractivity contribution in [1.82, 2.24) is 19.9 Å². The van der Waals surface area contributed by atoms with E-state index in [0.29, 0.717) is 12.8 Å². The zero-order chi connectivity index (χ0) is 34.0. The quantitative estimate of drug-likeness (QED) is 0.171. The SMILES string of the molecule is CCCCCc1c2nc(cc3[nH]c(cc4[nH]c(cc5nc1C(C)=C5C)c(C)c4CCC(=O)OC)c(CCC(=O)OC)c3C)C(C)(C)C2. The molecular weight excluding hydrogens is 588 g/mol. The van der Waals surface area contributed by atoms with Crippen molar-refractivity contribution >= 4 is 45.2 Å². The number of aromatic amines is 2. The number of nitrogens with one attached hydrogen (secondary N) is 2. The fourth-order valence-electron chi connectivity index (χ4n) is 6.90. The molecule has 0 saturated heterocycles. The van der Waals surface area contributed by atoms with Crippen molar-refractivity contribution in [2.45, 2.75) is 112 Å². The van der Waals surface area contributed by atoms with Crippen LogP contribution in [0, 0.1) is 13.8 Å². The Bertz CT molecular complexity index is 1910. The third kappa shape index (κ3) is 6.92. The maximum Gasteiger partial charge on any atom is 0.305 e. The monoisotopic (exact) mass is 638 g/mol. The van der Waals surface area contributed by atoms with Crippen molar-refractivity contribution in [2.75, 3.05) is 14.2 Å². The average molecular weight is 639 g/mol. The summed E-state index contributed by atoms with van der Waals surface area (Å²) in [6, 6.07) is 6.45. The summed E-state index contributed by atoms with van der Waals surface area (Å²) in [4.78, 5) is 42.5. The number of nitrogens with zero attached hydrogens (tertiary/aromatic N) is 2. The van der Waals surface area contributed by atoms with E-state index in [1.165, 1.54) is 25.4 Å². The molecule has 250 valence electrons. The van der Waals surface area contributed by atoms with Crippen molar-refractivity contribution in [3.8, 4) is 0 Å². The summed E-state index contributed by atoms with van der Waals surface area (Å²) in [5.41, 5.74) is 15.7. The Morgan fingerprint density at radius 1 is 0.745 bits per heavy atom. The highest BCUT2D eigenvalue weighted by Crippen LogP contribution is 2.38. The summed E-state index contributed by atoms with van der Waals surface area (Å²) in [5.74, 6) is -0.492. The summed E-state index contributed by atoms with van der Waals surface area (Å²) >= 11 is 0. The van der Waals surface area contributed by atoms with Crippen LogP contribution in [0.1, 0.15) is 117 Å². The van der Waals surface area contributed by atoms with Crippen LogP contribution >= 0.6 is 0 Å². The average Bonchev–Trinajstić information content (AvgIpc) is 3.70. The van der Waals surface area contributed by atoms with E-state index in [9.17, 15) is 9.59 Å². The zero-order valence-electron chi connectivity index (χ0n) is 29.6. The maximum absolute atomic E-state index is 12.3. The van der Waals surface area contributed by atoms with Gasteiger partial charge in [0.1, 0.15) is 0 Å². The number of rotatable bonds is 10. The smallest absolute Gasteiger partial charge is 0.305 e. The van der Waals surface area contributed by atoms with Crippen LogP contribution in [0.5, 0.6) is 0 Å². The zero-order valence-corrected chi connectivity index (χ0v) is 29.6. The van der Waals surface area contributed by atoms with E-state index in [1.54, 1.807) is 0 Å². The lowest BCUT2D eigenvalue weighted by atomic mass is 9.85. The van der Waals surface area contributed by atoms with Gasteiger partial charge in [0.05, 0.1) is 25.6 Å². The van der Waals surface area contributed by atoms with E-state index in [2.05, 4.69) is 76.6 Å². The second-order valence-corrected chi connectivity index (χ2v) is 13.7. The summed E-state index contributed by atoms with van der Waals surface area (Å²) < 4.78 is 9.99. The molecule has 3 aromatic rings. The predicted molar refractivity (Wildman–Crippen MR) is 189 cm³/mol. The number of esters is 2. The first-order valence-corrected chi connectivity index (χ1v) is 16.9. The molecular formula is C39H50N4O4. The fraction of sp³-hybridized carbons (Fsp3) is 0.487. The van der Waals surface area contributed by atoms with E-state index in [4.69, 9.17) is 19.4 Å². The molecule has 0 unspecified atom stereocenters. The van der Waals surface area contributed by atoms with Gasteiger partial charge in [-0.1, -0.05) is 33.6 Å². The van der Waals surface area contributed by atoms with Crippen LogP contribution in [0.4, 0.5) is 0 Å². The maximum atomic E-state index is 12.3. The molecule has 0 aromatic carbocycles. The molecule has 8 bridgehead atoms. The van der Waals surface area contributed by atoms with Gasteiger partial charge in [-0.05, 0) is 111 Å². The number of carbonyl (C=O) groups is 2. The highest BCUT2D eigenvalue weighted by molar-refractivity contribution is 5.92. The first-order valence-electron chi connectivity index (χ1n) is 16.9. The molecule has 0 spiro atoms. The van der Waals surface area contributed by atoms with Gasteiger partial charge in [0.2, 0.25) is 0 Å². The van der Waals surface area contributed by atoms with Gasteiger partial charge in [0.25, 0.3) is 0 Å². The Balaban J connectivity index is 1.91. The number of aromatic nitrogens is 4. The topological polar surface area (TPSA) is 110 Å². The van der Waals surface area contributed by atoms with Crippen LogP contribution in [0.2, 0.25) is 0 Å².